The molecule has 1 fully saturated rings. The maximum Gasteiger partial charge on any atom is 0.251 e. The average molecular weight is 592 g/mol. The van der Waals surface area contributed by atoms with Gasteiger partial charge in [-0.15, -0.1) is 0 Å². The summed E-state index contributed by atoms with van der Waals surface area (Å²) in [5.74, 6) is 0.546. The Morgan fingerprint density at radius 3 is 2.51 bits per heavy atom. The Morgan fingerprint density at radius 1 is 1.10 bits per heavy atom. The van der Waals surface area contributed by atoms with Gasteiger partial charge in [-0.25, -0.2) is 9.97 Å². The molecule has 7 nitrogen and oxygen atoms in total. The Labute approximate surface area is 244 Å². The summed E-state index contributed by atoms with van der Waals surface area (Å²) < 4.78 is 13.1. The van der Waals surface area contributed by atoms with E-state index in [0.717, 1.165) is 31.6 Å². The second kappa shape index (κ2) is 12.6. The van der Waals surface area contributed by atoms with Crippen molar-refractivity contribution in [2.24, 2.45) is 5.41 Å². The van der Waals surface area contributed by atoms with Crippen LogP contribution in [0.1, 0.15) is 59.1 Å². The van der Waals surface area contributed by atoms with Crippen molar-refractivity contribution in [1.29, 1.82) is 0 Å². The molecule has 0 spiro atoms. The number of benzene rings is 1. The highest BCUT2D eigenvalue weighted by molar-refractivity contribution is 7.96. The Hall–Kier alpha value is -2.10. The molecular formula is C29H36Cl2N4O3S. The molecule has 0 amide bonds. The summed E-state index contributed by atoms with van der Waals surface area (Å²) in [7, 11) is 0. The van der Waals surface area contributed by atoms with Gasteiger partial charge in [-0.2, -0.15) is 0 Å². The third-order valence-corrected chi connectivity index (χ3v) is 9.44. The molecule has 2 aromatic heterocycles. The fourth-order valence-electron chi connectivity index (χ4n) is 3.95. The summed E-state index contributed by atoms with van der Waals surface area (Å²) in [6, 6.07) is 10.6. The van der Waals surface area contributed by atoms with E-state index in [-0.39, 0.29) is 28.4 Å². The van der Waals surface area contributed by atoms with Crippen molar-refractivity contribution >= 4 is 41.2 Å². The number of nitrogens with one attached hydrogen (secondary N) is 1. The van der Waals surface area contributed by atoms with Gasteiger partial charge < -0.3 is 18.8 Å². The van der Waals surface area contributed by atoms with E-state index in [1.807, 2.05) is 12.1 Å². The van der Waals surface area contributed by atoms with Crippen LogP contribution in [0.5, 0.6) is 0 Å². The van der Waals surface area contributed by atoms with Gasteiger partial charge in [0.15, 0.2) is 0 Å². The molecule has 1 N–H and O–H groups in total. The smallest absolute Gasteiger partial charge is 0.251 e. The molecule has 1 aromatic carbocycles. The molecule has 10 heteroatoms. The molecule has 3 heterocycles. The van der Waals surface area contributed by atoms with Crippen LogP contribution in [0.2, 0.25) is 10.0 Å². The van der Waals surface area contributed by atoms with E-state index in [1.54, 1.807) is 41.2 Å². The van der Waals surface area contributed by atoms with E-state index < -0.39 is 6.04 Å². The zero-order valence-corrected chi connectivity index (χ0v) is 25.4. The molecular weight excluding hydrogens is 555 g/mol. The number of halogens is 2. The SMILES string of the molecule is CC(C)(C)C(C)(C)SOC[C@H](c1ccc(Cl)c(Cl)c1)n1ccc(-c2ccnc(NC3CCOCC3)n2)cc1=O. The number of hydrogen-bond acceptors (Lipinski definition) is 7. The maximum absolute atomic E-state index is 13.5. The molecule has 4 rings (SSSR count). The third-order valence-electron chi connectivity index (χ3n) is 7.42. The van der Waals surface area contributed by atoms with Crippen LogP contribution in [0.4, 0.5) is 5.95 Å². The lowest BCUT2D eigenvalue weighted by Crippen LogP contribution is -2.34. The first-order chi connectivity index (χ1) is 18.4. The highest BCUT2D eigenvalue weighted by Gasteiger charge is 2.35. The molecule has 0 bridgehead atoms. The number of aromatic nitrogens is 3. The van der Waals surface area contributed by atoms with Crippen LogP contribution in [0.3, 0.4) is 0 Å². The number of rotatable bonds is 9. The Kier molecular flexibility index (Phi) is 9.65. The van der Waals surface area contributed by atoms with Gasteiger partial charge in [-0.05, 0) is 74.0 Å². The summed E-state index contributed by atoms with van der Waals surface area (Å²) >= 11 is 14.0. The van der Waals surface area contributed by atoms with Gasteiger partial charge in [-0.1, -0.05) is 50.0 Å². The van der Waals surface area contributed by atoms with E-state index in [4.69, 9.17) is 32.1 Å². The molecule has 0 saturated carbocycles. The zero-order chi connectivity index (χ0) is 28.2. The summed E-state index contributed by atoms with van der Waals surface area (Å²) in [4.78, 5) is 22.5. The van der Waals surface area contributed by atoms with E-state index in [2.05, 4.69) is 49.9 Å². The predicted octanol–water partition coefficient (Wildman–Crippen LogP) is 7.28. The number of anilines is 1. The first-order valence-electron chi connectivity index (χ1n) is 13.1. The van der Waals surface area contributed by atoms with Crippen molar-refractivity contribution < 1.29 is 8.92 Å². The predicted molar refractivity (Wildman–Crippen MR) is 161 cm³/mol. The first-order valence-corrected chi connectivity index (χ1v) is 14.6. The quantitative estimate of drug-likeness (QED) is 0.262. The fraction of sp³-hybridized carbons (Fsp3) is 0.483. The number of pyridine rings is 1. The van der Waals surface area contributed by atoms with Gasteiger partial charge in [-0.3, -0.25) is 4.79 Å². The summed E-state index contributed by atoms with van der Waals surface area (Å²) in [6.45, 7) is 12.6. The van der Waals surface area contributed by atoms with Gasteiger partial charge in [0.1, 0.15) is 0 Å². The van der Waals surface area contributed by atoms with Crippen LogP contribution in [-0.2, 0) is 8.92 Å². The molecule has 210 valence electrons. The molecule has 0 radical (unpaired) electrons. The zero-order valence-electron chi connectivity index (χ0n) is 23.0. The standard InChI is InChI=1S/C29H36Cl2N4O3S/c1-28(2,3)29(4,5)39-38-18-25(20-6-7-22(30)23(31)16-20)35-13-9-19(17-26(35)36)24-8-12-32-27(34-24)33-21-10-14-37-15-11-21/h6-9,12-13,16-17,21,25H,10-11,14-15,18H2,1-5H3,(H,32,33,34)/t25-/m1/s1. The lowest BCUT2D eigenvalue weighted by Gasteiger charge is -2.37. The lowest BCUT2D eigenvalue weighted by molar-refractivity contribution is 0.0903. The average Bonchev–Trinajstić information content (AvgIpc) is 2.89. The van der Waals surface area contributed by atoms with Gasteiger partial charge in [0.05, 0.1) is 28.4 Å². The second-order valence-corrected chi connectivity index (χ2v) is 13.5. The summed E-state index contributed by atoms with van der Waals surface area (Å²) in [5.41, 5.74) is 2.06. The van der Waals surface area contributed by atoms with Crippen molar-refractivity contribution in [3.05, 3.63) is 74.8 Å². The van der Waals surface area contributed by atoms with Crippen LogP contribution in [0.15, 0.2) is 53.6 Å². The van der Waals surface area contributed by atoms with Crippen molar-refractivity contribution in [1.82, 2.24) is 14.5 Å². The Balaban J connectivity index is 1.59. The minimum Gasteiger partial charge on any atom is -0.381 e. The summed E-state index contributed by atoms with van der Waals surface area (Å²) in [6.07, 6.45) is 5.30. The van der Waals surface area contributed by atoms with Crippen LogP contribution < -0.4 is 10.9 Å². The topological polar surface area (TPSA) is 78.3 Å². The minimum atomic E-state index is -0.402. The Bertz CT molecular complexity index is 1340. The van der Waals surface area contributed by atoms with Crippen molar-refractivity contribution in [2.75, 3.05) is 25.1 Å². The van der Waals surface area contributed by atoms with Crippen molar-refractivity contribution in [2.45, 2.75) is 64.3 Å². The van der Waals surface area contributed by atoms with E-state index >= 15 is 0 Å². The Morgan fingerprint density at radius 2 is 1.85 bits per heavy atom. The summed E-state index contributed by atoms with van der Waals surface area (Å²) in [5, 5.41) is 4.27. The normalized spacial score (nSPS) is 15.8. The van der Waals surface area contributed by atoms with Crippen LogP contribution >= 0.6 is 35.2 Å². The number of ether oxygens (including phenoxy) is 1. The molecule has 0 unspecified atom stereocenters. The molecule has 1 aliphatic rings. The lowest BCUT2D eigenvalue weighted by atomic mass is 9.83. The monoisotopic (exact) mass is 590 g/mol. The van der Waals surface area contributed by atoms with E-state index in [0.29, 0.717) is 27.3 Å². The van der Waals surface area contributed by atoms with Crippen LogP contribution in [0, 0.1) is 5.41 Å². The van der Waals surface area contributed by atoms with Gasteiger partial charge >= 0.3 is 0 Å². The number of nitrogens with zero attached hydrogens (tertiary/aromatic N) is 3. The van der Waals surface area contributed by atoms with Crippen molar-refractivity contribution in [3.63, 3.8) is 0 Å². The maximum atomic E-state index is 13.5. The second-order valence-electron chi connectivity index (χ2n) is 11.3. The minimum absolute atomic E-state index is 0.0191. The van der Waals surface area contributed by atoms with E-state index in [9.17, 15) is 4.79 Å². The molecule has 39 heavy (non-hydrogen) atoms. The molecule has 1 aliphatic heterocycles. The van der Waals surface area contributed by atoms with Crippen LogP contribution in [-0.4, -0.2) is 45.1 Å². The number of hydrogen-bond donors (Lipinski definition) is 1. The highest BCUT2D eigenvalue weighted by Crippen LogP contribution is 2.42. The molecule has 0 aliphatic carbocycles. The van der Waals surface area contributed by atoms with Crippen LogP contribution in [0.25, 0.3) is 11.3 Å². The largest absolute Gasteiger partial charge is 0.381 e. The van der Waals surface area contributed by atoms with Gasteiger partial charge in [0, 0.05) is 48.0 Å². The van der Waals surface area contributed by atoms with Crippen molar-refractivity contribution in [3.8, 4) is 11.3 Å². The van der Waals surface area contributed by atoms with Gasteiger partial charge in [0.25, 0.3) is 5.56 Å². The van der Waals surface area contributed by atoms with Gasteiger partial charge in [0.2, 0.25) is 5.95 Å². The molecule has 1 atom stereocenters. The molecule has 1 saturated heterocycles. The first kappa shape index (κ1) is 29.9. The highest BCUT2D eigenvalue weighted by atomic mass is 35.5. The fourth-order valence-corrected chi connectivity index (χ4v) is 5.00. The molecule has 3 aromatic rings. The van der Waals surface area contributed by atoms with E-state index in [1.165, 1.54) is 12.0 Å². The third kappa shape index (κ3) is 7.55.